The van der Waals surface area contributed by atoms with Crippen LogP contribution in [-0.4, -0.2) is 36.2 Å². The molecule has 0 amide bonds. The van der Waals surface area contributed by atoms with Crippen LogP contribution in [0.1, 0.15) is 32.6 Å². The first-order valence-corrected chi connectivity index (χ1v) is 8.61. The molecule has 0 aromatic carbocycles. The minimum atomic E-state index is -0.620. The molecule has 0 unspecified atom stereocenters. The number of hydrogen-bond donors (Lipinski definition) is 0. The van der Waals surface area contributed by atoms with E-state index in [4.69, 9.17) is 14.2 Å². The van der Waals surface area contributed by atoms with E-state index >= 15 is 0 Å². The second kappa shape index (κ2) is 5.86. The van der Waals surface area contributed by atoms with Crippen molar-refractivity contribution in [2.75, 3.05) is 0 Å². The Kier molecular flexibility index (Phi) is 3.78. The summed E-state index contributed by atoms with van der Waals surface area (Å²) in [6, 6.07) is 0. The van der Waals surface area contributed by atoms with Crippen LogP contribution in [0.5, 0.6) is 0 Å². The average Bonchev–Trinajstić information content (AvgIpc) is 3.28. The number of ether oxygens (including phenoxy) is 3. The molecule has 0 spiro atoms. The summed E-state index contributed by atoms with van der Waals surface area (Å²) in [5.41, 5.74) is 1.72. The molecule has 2 fully saturated rings. The third kappa shape index (κ3) is 3.01. The molecule has 2 heterocycles. The smallest absolute Gasteiger partial charge is 0.334 e. The van der Waals surface area contributed by atoms with E-state index in [0.29, 0.717) is 12.0 Å². The van der Waals surface area contributed by atoms with Crippen molar-refractivity contribution in [2.24, 2.45) is 11.8 Å². The summed E-state index contributed by atoms with van der Waals surface area (Å²) in [7, 11) is 0. The molecular weight excluding hydrogens is 324 g/mol. The van der Waals surface area contributed by atoms with E-state index in [1.54, 1.807) is 6.08 Å². The normalized spacial score (nSPS) is 36.6. The van der Waals surface area contributed by atoms with Gasteiger partial charge >= 0.3 is 17.9 Å². The zero-order chi connectivity index (χ0) is 17.7. The number of esters is 3. The van der Waals surface area contributed by atoms with Crippen LogP contribution in [0.2, 0.25) is 0 Å². The van der Waals surface area contributed by atoms with Gasteiger partial charge in [-0.15, -0.1) is 0 Å². The van der Waals surface area contributed by atoms with Crippen molar-refractivity contribution in [1.82, 2.24) is 0 Å². The number of hydrogen-bond acceptors (Lipinski definition) is 6. The first-order chi connectivity index (χ1) is 11.9. The molecular formula is C19H20O6. The molecule has 0 N–H and O–H groups in total. The predicted octanol–water partition coefficient (Wildman–Crippen LogP) is 2.00. The van der Waals surface area contributed by atoms with Crippen molar-refractivity contribution in [2.45, 2.75) is 50.9 Å². The Balaban J connectivity index is 1.68. The highest BCUT2D eigenvalue weighted by molar-refractivity contribution is 5.93. The highest BCUT2D eigenvalue weighted by atomic mass is 16.6. The molecule has 6 heteroatoms. The van der Waals surface area contributed by atoms with E-state index < -0.39 is 24.1 Å². The fourth-order valence-corrected chi connectivity index (χ4v) is 3.66. The SMILES string of the molecule is C=C1C(=O)O[C@H]2CC3=C[C@H](C/C(C)=C/[C@@H](OC(=O)C4CC4)[C@H]12)OC3=O. The fourth-order valence-electron chi connectivity index (χ4n) is 3.66. The largest absolute Gasteiger partial charge is 0.458 e. The topological polar surface area (TPSA) is 78.9 Å². The van der Waals surface area contributed by atoms with Crippen LogP contribution < -0.4 is 0 Å². The molecule has 25 heavy (non-hydrogen) atoms. The Bertz CT molecular complexity index is 726. The standard InChI is InChI=1S/C19H20O6/c1-9-5-13-7-12(19(22)23-13)8-15-16(10(2)17(20)24-15)14(6-9)25-18(21)11-3-4-11/h6-7,11,13-16H,2-5,8H2,1H3/b9-6+/t13-,14+,15-,16-/m0/s1. The zero-order valence-corrected chi connectivity index (χ0v) is 14.0. The summed E-state index contributed by atoms with van der Waals surface area (Å²) in [6.07, 6.45) is 4.57. The molecule has 2 aliphatic carbocycles. The second-order valence-corrected chi connectivity index (χ2v) is 7.23. The lowest BCUT2D eigenvalue weighted by atomic mass is 9.85. The van der Waals surface area contributed by atoms with E-state index in [9.17, 15) is 14.4 Å². The number of fused-ring (bicyclic) bond motifs is 2. The van der Waals surface area contributed by atoms with Crippen LogP contribution in [0, 0.1) is 11.8 Å². The minimum absolute atomic E-state index is 0.0438. The van der Waals surface area contributed by atoms with Gasteiger partial charge in [-0.25, -0.2) is 9.59 Å². The molecule has 0 radical (unpaired) electrons. The van der Waals surface area contributed by atoms with Gasteiger partial charge in [-0.1, -0.05) is 12.2 Å². The van der Waals surface area contributed by atoms with Gasteiger partial charge in [-0.3, -0.25) is 4.79 Å². The van der Waals surface area contributed by atoms with Gasteiger partial charge in [0.1, 0.15) is 18.3 Å². The molecule has 4 atom stereocenters. The third-order valence-electron chi connectivity index (χ3n) is 5.14. The van der Waals surface area contributed by atoms with E-state index in [2.05, 4.69) is 6.58 Å². The summed E-state index contributed by atoms with van der Waals surface area (Å²) in [4.78, 5) is 36.3. The van der Waals surface area contributed by atoms with Crippen molar-refractivity contribution in [1.29, 1.82) is 0 Å². The van der Waals surface area contributed by atoms with Crippen molar-refractivity contribution >= 4 is 17.9 Å². The van der Waals surface area contributed by atoms with Crippen LogP contribution in [0.4, 0.5) is 0 Å². The van der Waals surface area contributed by atoms with Crippen molar-refractivity contribution < 1.29 is 28.6 Å². The number of carbonyl (C=O) groups excluding carboxylic acids is 3. The summed E-state index contributed by atoms with van der Waals surface area (Å²) >= 11 is 0. The van der Waals surface area contributed by atoms with Crippen LogP contribution in [0.25, 0.3) is 0 Å². The first kappa shape index (κ1) is 16.1. The third-order valence-corrected chi connectivity index (χ3v) is 5.14. The van der Waals surface area contributed by atoms with Gasteiger partial charge < -0.3 is 14.2 Å². The van der Waals surface area contributed by atoms with Crippen LogP contribution in [-0.2, 0) is 28.6 Å². The quantitative estimate of drug-likeness (QED) is 0.330. The Labute approximate surface area is 145 Å². The molecule has 2 aliphatic heterocycles. The summed E-state index contributed by atoms with van der Waals surface area (Å²) in [5, 5.41) is 0. The lowest BCUT2D eigenvalue weighted by Gasteiger charge is -2.26. The summed E-state index contributed by atoms with van der Waals surface area (Å²) < 4.78 is 16.5. The van der Waals surface area contributed by atoms with Gasteiger partial charge in [0.2, 0.25) is 0 Å². The molecule has 1 saturated heterocycles. The molecule has 4 aliphatic rings. The maximum Gasteiger partial charge on any atom is 0.334 e. The predicted molar refractivity (Wildman–Crippen MR) is 86.1 cm³/mol. The Hall–Kier alpha value is -2.37. The first-order valence-electron chi connectivity index (χ1n) is 8.61. The van der Waals surface area contributed by atoms with Crippen molar-refractivity contribution in [3.8, 4) is 0 Å². The number of carbonyl (C=O) groups is 3. The highest BCUT2D eigenvalue weighted by Crippen LogP contribution is 2.39. The monoisotopic (exact) mass is 344 g/mol. The van der Waals surface area contributed by atoms with Gasteiger partial charge in [-0.05, 0) is 31.9 Å². The lowest BCUT2D eigenvalue weighted by molar-refractivity contribution is -0.151. The van der Waals surface area contributed by atoms with E-state index in [-0.39, 0.29) is 36.0 Å². The Morgan fingerprint density at radius 2 is 1.92 bits per heavy atom. The highest BCUT2D eigenvalue weighted by Gasteiger charge is 2.47. The van der Waals surface area contributed by atoms with E-state index in [1.165, 1.54) is 0 Å². The van der Waals surface area contributed by atoms with Crippen molar-refractivity contribution in [3.63, 3.8) is 0 Å². The van der Waals surface area contributed by atoms with E-state index in [0.717, 1.165) is 18.4 Å². The van der Waals surface area contributed by atoms with Crippen LogP contribution >= 0.6 is 0 Å². The minimum Gasteiger partial charge on any atom is -0.458 e. The van der Waals surface area contributed by atoms with Gasteiger partial charge in [0.05, 0.1) is 11.8 Å². The molecule has 0 aromatic rings. The summed E-state index contributed by atoms with van der Waals surface area (Å²) in [6.45, 7) is 5.74. The van der Waals surface area contributed by atoms with E-state index in [1.807, 2.05) is 13.0 Å². The average molecular weight is 344 g/mol. The maximum atomic E-state index is 12.2. The summed E-state index contributed by atoms with van der Waals surface area (Å²) in [5.74, 6) is -1.66. The lowest BCUT2D eigenvalue weighted by Crippen LogP contribution is -2.33. The maximum absolute atomic E-state index is 12.2. The molecule has 4 rings (SSSR count). The molecule has 0 aromatic heterocycles. The Morgan fingerprint density at radius 3 is 2.64 bits per heavy atom. The molecule has 2 bridgehead atoms. The molecule has 132 valence electrons. The number of rotatable bonds is 2. The molecule has 1 saturated carbocycles. The van der Waals surface area contributed by atoms with Crippen molar-refractivity contribution in [3.05, 3.63) is 35.5 Å². The molecule has 6 nitrogen and oxygen atoms in total. The second-order valence-electron chi connectivity index (χ2n) is 7.23. The van der Waals surface area contributed by atoms with Gasteiger partial charge in [0.15, 0.2) is 0 Å². The van der Waals surface area contributed by atoms with Gasteiger partial charge in [0, 0.05) is 24.0 Å². The van der Waals surface area contributed by atoms with Crippen LogP contribution in [0.3, 0.4) is 0 Å². The fraction of sp³-hybridized carbons (Fsp3) is 0.526. The van der Waals surface area contributed by atoms with Crippen LogP contribution in [0.15, 0.2) is 35.5 Å². The van der Waals surface area contributed by atoms with Gasteiger partial charge in [-0.2, -0.15) is 0 Å². The van der Waals surface area contributed by atoms with Gasteiger partial charge in [0.25, 0.3) is 0 Å². The Morgan fingerprint density at radius 1 is 1.16 bits per heavy atom. The zero-order valence-electron chi connectivity index (χ0n) is 14.0.